The van der Waals surface area contributed by atoms with E-state index in [0.717, 1.165) is 5.92 Å². The van der Waals surface area contributed by atoms with Crippen molar-refractivity contribution in [3.63, 3.8) is 0 Å². The fourth-order valence-electron chi connectivity index (χ4n) is 1.78. The van der Waals surface area contributed by atoms with Crippen molar-refractivity contribution in [2.24, 2.45) is 0 Å². The molecule has 0 aliphatic heterocycles. The minimum Gasteiger partial charge on any atom is -0.0882 e. The molecule has 0 bridgehead atoms. The van der Waals surface area contributed by atoms with Crippen molar-refractivity contribution >= 4 is 0 Å². The molecule has 0 heterocycles. The molecule has 6 radical (unpaired) electrons. The maximum atomic E-state index is 2.99. The van der Waals surface area contributed by atoms with Crippen LogP contribution in [0, 0.1) is 30.4 Å². The van der Waals surface area contributed by atoms with Gasteiger partial charge in [0, 0.05) is 35.0 Å². The first-order valence-electron chi connectivity index (χ1n) is 6.20. The van der Waals surface area contributed by atoms with Crippen LogP contribution in [-0.4, -0.2) is 0 Å². The molecule has 0 amide bonds. The summed E-state index contributed by atoms with van der Waals surface area (Å²) in [6, 6.07) is 0. The molecule has 0 nitrogen and oxygen atoms in total. The summed E-state index contributed by atoms with van der Waals surface area (Å²) in [5.41, 5.74) is 0. The van der Waals surface area contributed by atoms with E-state index in [9.17, 15) is 0 Å². The van der Waals surface area contributed by atoms with Crippen LogP contribution in [0.5, 0.6) is 0 Å². The molecule has 0 aromatic carbocycles. The Morgan fingerprint density at radius 3 is 1.89 bits per heavy atom. The molecular formula is C17H17Co. The van der Waals surface area contributed by atoms with Crippen LogP contribution in [0.15, 0.2) is 48.6 Å². The molecule has 1 heteroatoms. The molecule has 0 saturated heterocycles. The molecule has 0 saturated carbocycles. The van der Waals surface area contributed by atoms with Crippen molar-refractivity contribution < 1.29 is 16.8 Å². The number of hydrogen-bond donors (Lipinski definition) is 0. The minimum absolute atomic E-state index is 0. The maximum Gasteiger partial charge on any atom is 0.0388 e. The Labute approximate surface area is 121 Å². The van der Waals surface area contributed by atoms with Crippen molar-refractivity contribution in [3.8, 4) is 0 Å². The average molecular weight is 280 g/mol. The summed E-state index contributed by atoms with van der Waals surface area (Å²) in [5.74, 6) is 2.37. The molecule has 0 unspecified atom stereocenters. The molecule has 0 N–H and O–H groups in total. The van der Waals surface area contributed by atoms with Gasteiger partial charge in [0.05, 0.1) is 0 Å². The molecule has 0 atom stereocenters. The maximum absolute atomic E-state index is 2.99. The van der Waals surface area contributed by atoms with E-state index in [2.05, 4.69) is 42.5 Å². The fraction of sp³-hybridized carbons (Fsp3) is 0.235. The number of allylic oxidation sites excluding steroid dienone is 10. The van der Waals surface area contributed by atoms with Crippen LogP contribution < -0.4 is 0 Å². The first kappa shape index (κ1) is 15.3. The topological polar surface area (TPSA) is 0 Å². The molecule has 3 rings (SSSR count). The number of fused-ring (bicyclic) bond motifs is 1. The summed E-state index contributed by atoms with van der Waals surface area (Å²) >= 11 is 0. The van der Waals surface area contributed by atoms with E-state index >= 15 is 0 Å². The van der Waals surface area contributed by atoms with E-state index in [1.165, 1.54) is 31.6 Å². The molecule has 3 aliphatic carbocycles. The van der Waals surface area contributed by atoms with E-state index in [1.807, 2.05) is 24.6 Å². The standard InChI is InChI=1S/C9H5.C8H12.Co/c1-2-5-9-7-3-6-8(9)4-1;1-2-4-6-8-7-5-3-1;/h1-2,4-6H;1-2,7-8H,3-6H2;/b;2-1-,8-7-;. The van der Waals surface area contributed by atoms with Gasteiger partial charge in [0.25, 0.3) is 0 Å². The fourth-order valence-corrected chi connectivity index (χ4v) is 1.78. The van der Waals surface area contributed by atoms with E-state index in [-0.39, 0.29) is 16.8 Å². The third-order valence-electron chi connectivity index (χ3n) is 2.73. The van der Waals surface area contributed by atoms with Gasteiger partial charge in [-0.2, -0.15) is 0 Å². The first-order chi connectivity index (χ1) is 8.47. The van der Waals surface area contributed by atoms with Gasteiger partial charge >= 0.3 is 0 Å². The van der Waals surface area contributed by atoms with E-state index < -0.39 is 0 Å². The Balaban J connectivity index is 0.000000172. The Kier molecular flexibility index (Phi) is 7.78. The largest absolute Gasteiger partial charge is 0.0882 e. The van der Waals surface area contributed by atoms with Gasteiger partial charge in [0.2, 0.25) is 0 Å². The van der Waals surface area contributed by atoms with Crippen LogP contribution >= 0.6 is 0 Å². The van der Waals surface area contributed by atoms with E-state index in [0.29, 0.717) is 0 Å². The van der Waals surface area contributed by atoms with Crippen molar-refractivity contribution in [2.75, 3.05) is 0 Å². The zero-order valence-electron chi connectivity index (χ0n) is 10.4. The van der Waals surface area contributed by atoms with Crippen molar-refractivity contribution in [1.29, 1.82) is 0 Å². The molecule has 94 valence electrons. The summed E-state index contributed by atoms with van der Waals surface area (Å²) in [7, 11) is 0. The molecule has 0 aromatic rings. The molecule has 3 aliphatic rings. The molecule has 0 aromatic heterocycles. The monoisotopic (exact) mass is 280 g/mol. The van der Waals surface area contributed by atoms with Crippen LogP contribution in [0.25, 0.3) is 0 Å². The van der Waals surface area contributed by atoms with Crippen LogP contribution in [0.1, 0.15) is 25.7 Å². The van der Waals surface area contributed by atoms with Crippen molar-refractivity contribution in [2.45, 2.75) is 25.7 Å². The predicted molar refractivity (Wildman–Crippen MR) is 72.3 cm³/mol. The third kappa shape index (κ3) is 5.24. The summed E-state index contributed by atoms with van der Waals surface area (Å²) in [6.07, 6.45) is 30.0. The summed E-state index contributed by atoms with van der Waals surface area (Å²) in [4.78, 5) is 0. The van der Waals surface area contributed by atoms with Gasteiger partial charge in [-0.15, -0.1) is 0 Å². The molecule has 0 spiro atoms. The molecule has 18 heavy (non-hydrogen) atoms. The Bertz CT molecular complexity index is 332. The molecule has 0 fully saturated rings. The van der Waals surface area contributed by atoms with Crippen LogP contribution in [0.3, 0.4) is 0 Å². The smallest absolute Gasteiger partial charge is 0.0388 e. The van der Waals surface area contributed by atoms with Crippen LogP contribution in [-0.2, 0) is 16.8 Å². The van der Waals surface area contributed by atoms with Gasteiger partial charge < -0.3 is 0 Å². The second-order valence-electron chi connectivity index (χ2n) is 4.10. The second-order valence-corrected chi connectivity index (χ2v) is 4.10. The van der Waals surface area contributed by atoms with Crippen molar-refractivity contribution in [3.05, 3.63) is 79.0 Å². The second kappa shape index (κ2) is 9.18. The van der Waals surface area contributed by atoms with Gasteiger partial charge in [-0.05, 0) is 37.8 Å². The van der Waals surface area contributed by atoms with Crippen LogP contribution in [0.2, 0.25) is 0 Å². The minimum atomic E-state index is 0. The quantitative estimate of drug-likeness (QED) is 0.580. The van der Waals surface area contributed by atoms with Crippen molar-refractivity contribution in [1.82, 2.24) is 0 Å². The Morgan fingerprint density at radius 1 is 0.778 bits per heavy atom. The number of hydrogen-bond acceptors (Lipinski definition) is 0. The Morgan fingerprint density at radius 2 is 1.33 bits per heavy atom. The van der Waals surface area contributed by atoms with Gasteiger partial charge in [-0.1, -0.05) is 48.6 Å². The number of rotatable bonds is 0. The first-order valence-corrected chi connectivity index (χ1v) is 6.20. The SMILES string of the molecule is C1=C\CC/C=C\CC/1.[C]1=[C][C]2C=CC=C[C]2[CH]1.[Co]. The predicted octanol–water partition coefficient (Wildman–Crippen LogP) is 4.31. The molecular weight excluding hydrogens is 263 g/mol. The average Bonchev–Trinajstić information content (AvgIpc) is 2.76. The zero-order chi connectivity index (χ0) is 11.8. The third-order valence-corrected chi connectivity index (χ3v) is 2.73. The summed E-state index contributed by atoms with van der Waals surface area (Å²) in [5, 5.41) is 0. The normalized spacial score (nSPS) is 25.1. The van der Waals surface area contributed by atoms with E-state index in [1.54, 1.807) is 0 Å². The van der Waals surface area contributed by atoms with Gasteiger partial charge in [-0.25, -0.2) is 0 Å². The van der Waals surface area contributed by atoms with Gasteiger partial charge in [-0.3, -0.25) is 0 Å². The van der Waals surface area contributed by atoms with Gasteiger partial charge in [0.1, 0.15) is 0 Å². The van der Waals surface area contributed by atoms with Crippen LogP contribution in [0.4, 0.5) is 0 Å². The Hall–Kier alpha value is -0.794. The zero-order valence-corrected chi connectivity index (χ0v) is 11.4. The van der Waals surface area contributed by atoms with E-state index in [4.69, 9.17) is 0 Å². The van der Waals surface area contributed by atoms with Gasteiger partial charge in [0.15, 0.2) is 0 Å². The summed E-state index contributed by atoms with van der Waals surface area (Å²) in [6.45, 7) is 0. The summed E-state index contributed by atoms with van der Waals surface area (Å²) < 4.78 is 0.